The molecule has 7 aromatic carbocycles. The Morgan fingerprint density at radius 2 is 0.818 bits per heavy atom. The van der Waals surface area contributed by atoms with Gasteiger partial charge in [-0.05, 0) is 72.3 Å². The van der Waals surface area contributed by atoms with E-state index in [0.29, 0.717) is 0 Å². The van der Waals surface area contributed by atoms with Crippen molar-refractivity contribution < 1.29 is 0 Å². The van der Waals surface area contributed by atoms with Gasteiger partial charge >= 0.3 is 0 Å². The summed E-state index contributed by atoms with van der Waals surface area (Å²) < 4.78 is 2.45. The van der Waals surface area contributed by atoms with E-state index in [0.717, 1.165) is 0 Å². The average Bonchev–Trinajstić information content (AvgIpc) is 3.44. The fourth-order valence-corrected chi connectivity index (χ4v) is 10.5. The molecule has 8 rings (SSSR count). The Kier molecular flexibility index (Phi) is 6.63. The summed E-state index contributed by atoms with van der Waals surface area (Å²) in [5, 5.41) is 2.52. The van der Waals surface area contributed by atoms with Gasteiger partial charge in [-0.15, -0.1) is 10.0 Å². The van der Waals surface area contributed by atoms with Crippen LogP contribution in [0.3, 0.4) is 0 Å². The maximum atomic E-state index is 2.47. The van der Waals surface area contributed by atoms with Crippen molar-refractivity contribution in [2.24, 2.45) is 0 Å². The first-order valence-corrected chi connectivity index (χ1v) is 16.7. The summed E-state index contributed by atoms with van der Waals surface area (Å²) in [6.07, 6.45) is 0. The van der Waals surface area contributed by atoms with E-state index in [-0.39, 0.29) is 0 Å². The number of fused-ring (bicyclic) bond motifs is 3. The molecule has 1 nitrogen and oxygen atoms in total. The zero-order valence-corrected chi connectivity index (χ0v) is 25.1. The lowest BCUT2D eigenvalue weighted by molar-refractivity contribution is 1.18. The third kappa shape index (κ3) is 4.18. The monoisotopic (exact) mass is 581 g/mol. The van der Waals surface area contributed by atoms with E-state index in [1.54, 1.807) is 0 Å². The second-order valence-electron chi connectivity index (χ2n) is 11.0. The molecule has 1 heterocycles. The van der Waals surface area contributed by atoms with E-state index in [1.165, 1.54) is 58.2 Å². The van der Waals surface area contributed by atoms with Crippen molar-refractivity contribution in [2.75, 3.05) is 0 Å². The molecule has 0 N–H and O–H groups in total. The highest BCUT2D eigenvalue weighted by Crippen LogP contribution is 2.73. The average molecular weight is 582 g/mol. The molecule has 44 heavy (non-hydrogen) atoms. The number of benzene rings is 7. The summed E-state index contributed by atoms with van der Waals surface area (Å²) in [7, 11) is -1.79. The molecule has 0 spiro atoms. The van der Waals surface area contributed by atoms with Crippen LogP contribution in [-0.4, -0.2) is 4.57 Å². The minimum absolute atomic E-state index is 1.19. The van der Waals surface area contributed by atoms with E-state index >= 15 is 0 Å². The zero-order valence-electron chi connectivity index (χ0n) is 24.3. The van der Waals surface area contributed by atoms with Crippen molar-refractivity contribution >= 4 is 31.8 Å². The SMILES string of the molecule is c1ccc(-c2ccccc2-n2c3ccccc3c3cc(S(c4ccccc4)(c4ccccc4)c4ccccc4)ccc32)cc1. The van der Waals surface area contributed by atoms with Crippen molar-refractivity contribution in [1.82, 2.24) is 4.57 Å². The number of nitrogens with zero attached hydrogens (tertiary/aromatic N) is 1. The third-order valence-electron chi connectivity index (χ3n) is 8.52. The molecule has 0 radical (unpaired) electrons. The van der Waals surface area contributed by atoms with E-state index in [2.05, 4.69) is 193 Å². The molecule has 0 fully saturated rings. The number of hydrogen-bond acceptors (Lipinski definition) is 0. The molecule has 0 saturated heterocycles. The molecule has 0 aliphatic rings. The van der Waals surface area contributed by atoms with Crippen molar-refractivity contribution in [3.63, 3.8) is 0 Å². The van der Waals surface area contributed by atoms with E-state index in [1.807, 2.05) is 0 Å². The van der Waals surface area contributed by atoms with Gasteiger partial charge in [0.1, 0.15) is 0 Å². The van der Waals surface area contributed by atoms with Crippen LogP contribution < -0.4 is 0 Å². The number of para-hydroxylation sites is 2. The van der Waals surface area contributed by atoms with Crippen LogP contribution in [0.15, 0.2) is 208 Å². The molecule has 0 amide bonds. The highest BCUT2D eigenvalue weighted by atomic mass is 32.3. The summed E-state index contributed by atoms with van der Waals surface area (Å²) in [4.78, 5) is 5.31. The Morgan fingerprint density at radius 1 is 0.341 bits per heavy atom. The molecule has 0 aliphatic heterocycles. The molecular weight excluding hydrogens is 551 g/mol. The van der Waals surface area contributed by atoms with E-state index in [4.69, 9.17) is 0 Å². The van der Waals surface area contributed by atoms with Gasteiger partial charge in [0, 0.05) is 35.9 Å². The summed E-state index contributed by atoms with van der Waals surface area (Å²) in [5.74, 6) is 0. The molecule has 0 atom stereocenters. The molecule has 8 aromatic rings. The molecule has 0 aliphatic carbocycles. The lowest BCUT2D eigenvalue weighted by Crippen LogP contribution is -2.05. The Labute approximate surface area is 260 Å². The minimum Gasteiger partial charge on any atom is -0.309 e. The van der Waals surface area contributed by atoms with E-state index in [9.17, 15) is 0 Å². The summed E-state index contributed by atoms with van der Waals surface area (Å²) in [6.45, 7) is 0. The van der Waals surface area contributed by atoms with Gasteiger partial charge in [0.25, 0.3) is 0 Å². The number of hydrogen-bond donors (Lipinski definition) is 0. The molecule has 1 aromatic heterocycles. The highest BCUT2D eigenvalue weighted by molar-refractivity contribution is 8.34. The molecule has 0 bridgehead atoms. The van der Waals surface area contributed by atoms with Gasteiger partial charge in [-0.1, -0.05) is 121 Å². The summed E-state index contributed by atoms with van der Waals surface area (Å²) in [6, 6.07) is 68.7. The number of rotatable bonds is 6. The fraction of sp³-hybridized carbons (Fsp3) is 0. The molecular formula is C42H31NS. The smallest absolute Gasteiger partial charge is 0.0542 e. The normalized spacial score (nSPS) is 12.0. The maximum absolute atomic E-state index is 2.47. The van der Waals surface area contributed by atoms with Gasteiger partial charge < -0.3 is 4.57 Å². The van der Waals surface area contributed by atoms with Crippen LogP contribution in [-0.2, 0) is 0 Å². The van der Waals surface area contributed by atoms with Crippen molar-refractivity contribution in [3.05, 3.63) is 188 Å². The first kappa shape index (κ1) is 26.3. The van der Waals surface area contributed by atoms with Gasteiger partial charge in [-0.25, -0.2) is 0 Å². The Morgan fingerprint density at radius 3 is 1.43 bits per heavy atom. The van der Waals surface area contributed by atoms with Gasteiger partial charge in [0.2, 0.25) is 0 Å². The molecule has 210 valence electrons. The molecule has 0 saturated carbocycles. The lowest BCUT2D eigenvalue weighted by Gasteiger charge is -2.42. The fourth-order valence-electron chi connectivity index (χ4n) is 6.62. The second-order valence-corrected chi connectivity index (χ2v) is 14.1. The van der Waals surface area contributed by atoms with Crippen LogP contribution >= 0.6 is 10.0 Å². The van der Waals surface area contributed by atoms with Crippen LogP contribution in [0, 0.1) is 0 Å². The number of aromatic nitrogens is 1. The summed E-state index contributed by atoms with van der Waals surface area (Å²) in [5.41, 5.74) is 6.04. The molecule has 0 unspecified atom stereocenters. The predicted octanol–water partition coefficient (Wildman–Crippen LogP) is 11.8. The minimum atomic E-state index is -1.79. The molecule has 2 heteroatoms. The van der Waals surface area contributed by atoms with Crippen LogP contribution in [0.4, 0.5) is 0 Å². The van der Waals surface area contributed by atoms with Crippen molar-refractivity contribution in [2.45, 2.75) is 19.6 Å². The van der Waals surface area contributed by atoms with Crippen LogP contribution in [0.25, 0.3) is 38.6 Å². The second kappa shape index (κ2) is 11.1. The topological polar surface area (TPSA) is 4.93 Å². The van der Waals surface area contributed by atoms with Crippen LogP contribution in [0.1, 0.15) is 0 Å². The summed E-state index contributed by atoms with van der Waals surface area (Å²) >= 11 is 0. The largest absolute Gasteiger partial charge is 0.309 e. The van der Waals surface area contributed by atoms with Crippen LogP contribution in [0.5, 0.6) is 0 Å². The lowest BCUT2D eigenvalue weighted by atomic mass is 10.0. The van der Waals surface area contributed by atoms with Gasteiger partial charge in [-0.2, -0.15) is 0 Å². The Hall–Kier alpha value is -5.31. The highest BCUT2D eigenvalue weighted by Gasteiger charge is 2.33. The Bertz CT molecular complexity index is 2110. The standard InChI is InChI=1S/C42H31NS/c1-5-17-32(18-6-1)37-25-13-15-27-40(37)43-41-28-16-14-26-38(41)39-31-36(29-30-42(39)43)44(33-19-7-2-8-20-33,34-21-9-3-10-22-34)35-23-11-4-12-24-35/h1-31H. The zero-order chi connectivity index (χ0) is 29.3. The van der Waals surface area contributed by atoms with Gasteiger partial charge in [0.05, 0.1) is 16.7 Å². The van der Waals surface area contributed by atoms with Crippen molar-refractivity contribution in [3.8, 4) is 16.8 Å². The first-order chi connectivity index (χ1) is 21.9. The van der Waals surface area contributed by atoms with E-state index < -0.39 is 10.0 Å². The van der Waals surface area contributed by atoms with Crippen LogP contribution in [0.2, 0.25) is 0 Å². The predicted molar refractivity (Wildman–Crippen MR) is 186 cm³/mol. The van der Waals surface area contributed by atoms with Gasteiger partial charge in [-0.3, -0.25) is 0 Å². The Balaban J connectivity index is 1.46. The first-order valence-electron chi connectivity index (χ1n) is 15.0. The van der Waals surface area contributed by atoms with Crippen molar-refractivity contribution in [1.29, 1.82) is 0 Å². The van der Waals surface area contributed by atoms with Gasteiger partial charge in [0.15, 0.2) is 0 Å². The third-order valence-corrected chi connectivity index (χ3v) is 12.4. The maximum Gasteiger partial charge on any atom is 0.0542 e. The quantitative estimate of drug-likeness (QED) is 0.184.